The van der Waals surface area contributed by atoms with Crippen molar-refractivity contribution < 1.29 is 23.5 Å². The van der Waals surface area contributed by atoms with E-state index in [0.29, 0.717) is 45.9 Å². The monoisotopic (exact) mass is 429 g/mol. The van der Waals surface area contributed by atoms with Crippen LogP contribution in [-0.4, -0.2) is 31.8 Å². The Hall–Kier alpha value is -3.93. The molecule has 0 aliphatic carbocycles. The third-order valence-corrected chi connectivity index (χ3v) is 5.32. The molecule has 0 aliphatic heterocycles. The summed E-state index contributed by atoms with van der Waals surface area (Å²) in [5, 5.41) is 4.56. The van der Waals surface area contributed by atoms with E-state index >= 15 is 0 Å². The number of fused-ring (bicyclic) bond motifs is 3. The topological polar surface area (TPSA) is 85.6 Å². The van der Waals surface area contributed by atoms with Crippen molar-refractivity contribution in [3.8, 4) is 11.1 Å². The summed E-state index contributed by atoms with van der Waals surface area (Å²) in [6, 6.07) is 15.9. The van der Waals surface area contributed by atoms with Crippen molar-refractivity contribution in [2.45, 2.75) is 13.8 Å². The number of benzene rings is 3. The second-order valence-electron chi connectivity index (χ2n) is 8.01. The summed E-state index contributed by atoms with van der Waals surface area (Å²) in [6.45, 7) is 4.52. The SMILES string of the molecule is COC(=O)c1cc(C(=O)NCC(C)C)ccc1-c1cc2oc3ccccc3c2cc1C=O. The fraction of sp³-hybridized carbons (Fsp3) is 0.192. The number of furan rings is 1. The second-order valence-corrected chi connectivity index (χ2v) is 8.01. The van der Waals surface area contributed by atoms with Crippen LogP contribution in [-0.2, 0) is 4.74 Å². The number of ether oxygens (including phenoxy) is 1. The molecule has 0 bridgehead atoms. The average Bonchev–Trinajstić information content (AvgIpc) is 3.18. The van der Waals surface area contributed by atoms with Crippen molar-refractivity contribution in [2.24, 2.45) is 5.92 Å². The largest absolute Gasteiger partial charge is 0.465 e. The van der Waals surface area contributed by atoms with Crippen molar-refractivity contribution in [1.29, 1.82) is 0 Å². The van der Waals surface area contributed by atoms with E-state index in [4.69, 9.17) is 9.15 Å². The minimum Gasteiger partial charge on any atom is -0.465 e. The molecule has 32 heavy (non-hydrogen) atoms. The van der Waals surface area contributed by atoms with Gasteiger partial charge in [-0.25, -0.2) is 4.79 Å². The number of carbonyl (C=O) groups excluding carboxylic acids is 3. The van der Waals surface area contributed by atoms with Crippen LogP contribution in [0.5, 0.6) is 0 Å². The van der Waals surface area contributed by atoms with Gasteiger partial charge in [0, 0.05) is 28.4 Å². The Morgan fingerprint density at radius 1 is 1.00 bits per heavy atom. The minimum absolute atomic E-state index is 0.197. The van der Waals surface area contributed by atoms with E-state index in [0.717, 1.165) is 17.1 Å². The molecule has 4 aromatic rings. The highest BCUT2D eigenvalue weighted by molar-refractivity contribution is 6.10. The van der Waals surface area contributed by atoms with Gasteiger partial charge in [-0.3, -0.25) is 9.59 Å². The summed E-state index contributed by atoms with van der Waals surface area (Å²) in [5.41, 5.74) is 3.27. The molecular formula is C26H23NO5. The van der Waals surface area contributed by atoms with Gasteiger partial charge < -0.3 is 14.5 Å². The first-order chi connectivity index (χ1) is 15.4. The zero-order valence-electron chi connectivity index (χ0n) is 18.1. The normalized spacial score (nSPS) is 11.1. The summed E-state index contributed by atoms with van der Waals surface area (Å²) in [7, 11) is 1.28. The van der Waals surface area contributed by atoms with Gasteiger partial charge in [0.25, 0.3) is 5.91 Å². The van der Waals surface area contributed by atoms with Gasteiger partial charge in [-0.1, -0.05) is 38.1 Å². The molecule has 0 unspecified atom stereocenters. The lowest BCUT2D eigenvalue weighted by Crippen LogP contribution is -2.27. The van der Waals surface area contributed by atoms with Crippen LogP contribution >= 0.6 is 0 Å². The molecule has 0 atom stereocenters. The second kappa shape index (κ2) is 8.67. The predicted octanol–water partition coefficient (Wildman–Crippen LogP) is 5.24. The molecule has 6 heteroatoms. The van der Waals surface area contributed by atoms with Crippen LogP contribution < -0.4 is 5.32 Å². The molecular weight excluding hydrogens is 406 g/mol. The summed E-state index contributed by atoms with van der Waals surface area (Å²) in [6.07, 6.45) is 0.751. The smallest absolute Gasteiger partial charge is 0.338 e. The third kappa shape index (κ3) is 3.87. The van der Waals surface area contributed by atoms with Gasteiger partial charge in [0.15, 0.2) is 6.29 Å². The first kappa shape index (κ1) is 21.3. The maximum Gasteiger partial charge on any atom is 0.338 e. The van der Waals surface area contributed by atoms with Crippen LogP contribution in [0.2, 0.25) is 0 Å². The lowest BCUT2D eigenvalue weighted by Gasteiger charge is -2.13. The van der Waals surface area contributed by atoms with Gasteiger partial charge in [0.1, 0.15) is 11.2 Å². The number of aldehydes is 1. The number of hydrogen-bond acceptors (Lipinski definition) is 5. The van der Waals surface area contributed by atoms with Crippen molar-refractivity contribution in [3.05, 3.63) is 71.3 Å². The van der Waals surface area contributed by atoms with E-state index < -0.39 is 5.97 Å². The number of carbonyl (C=O) groups is 3. The van der Waals surface area contributed by atoms with E-state index in [1.165, 1.54) is 13.2 Å². The first-order valence-electron chi connectivity index (χ1n) is 10.3. The summed E-state index contributed by atoms with van der Waals surface area (Å²) in [5.74, 6) is -0.581. The van der Waals surface area contributed by atoms with E-state index in [-0.39, 0.29) is 11.5 Å². The zero-order valence-corrected chi connectivity index (χ0v) is 18.1. The number of hydrogen-bond donors (Lipinski definition) is 1. The quantitative estimate of drug-likeness (QED) is 0.335. The lowest BCUT2D eigenvalue weighted by molar-refractivity contribution is 0.0601. The fourth-order valence-electron chi connectivity index (χ4n) is 3.72. The molecule has 4 rings (SSSR count). The molecule has 0 saturated heterocycles. The van der Waals surface area contributed by atoms with Crippen molar-refractivity contribution >= 4 is 40.1 Å². The maximum absolute atomic E-state index is 12.6. The van der Waals surface area contributed by atoms with Gasteiger partial charge in [-0.05, 0) is 47.4 Å². The van der Waals surface area contributed by atoms with E-state index in [2.05, 4.69) is 5.32 Å². The zero-order chi connectivity index (χ0) is 22.8. The number of rotatable bonds is 6. The van der Waals surface area contributed by atoms with E-state index in [1.807, 2.05) is 38.1 Å². The number of nitrogens with one attached hydrogen (secondary N) is 1. The highest BCUT2D eigenvalue weighted by Crippen LogP contribution is 2.36. The molecule has 6 nitrogen and oxygen atoms in total. The van der Waals surface area contributed by atoms with Gasteiger partial charge in [0.05, 0.1) is 12.7 Å². The van der Waals surface area contributed by atoms with Gasteiger partial charge in [0.2, 0.25) is 0 Å². The van der Waals surface area contributed by atoms with Crippen LogP contribution in [0.25, 0.3) is 33.1 Å². The van der Waals surface area contributed by atoms with Crippen LogP contribution in [0.4, 0.5) is 0 Å². The van der Waals surface area contributed by atoms with Gasteiger partial charge >= 0.3 is 5.97 Å². The molecule has 1 aromatic heterocycles. The summed E-state index contributed by atoms with van der Waals surface area (Å²) in [4.78, 5) is 37.1. The molecule has 1 heterocycles. The predicted molar refractivity (Wildman–Crippen MR) is 123 cm³/mol. The highest BCUT2D eigenvalue weighted by atomic mass is 16.5. The Morgan fingerprint density at radius 2 is 1.78 bits per heavy atom. The highest BCUT2D eigenvalue weighted by Gasteiger charge is 2.20. The van der Waals surface area contributed by atoms with Crippen molar-refractivity contribution in [1.82, 2.24) is 5.32 Å². The minimum atomic E-state index is -0.597. The third-order valence-electron chi connectivity index (χ3n) is 5.32. The molecule has 0 fully saturated rings. The number of methoxy groups -OCH3 is 1. The van der Waals surface area contributed by atoms with Gasteiger partial charge in [-0.2, -0.15) is 0 Å². The van der Waals surface area contributed by atoms with Crippen molar-refractivity contribution in [3.63, 3.8) is 0 Å². The summed E-state index contributed by atoms with van der Waals surface area (Å²) >= 11 is 0. The Labute approximate surface area is 185 Å². The standard InChI is InChI=1S/C26H23NO5/c1-15(2)13-27-25(29)16-8-9-18(22(10-16)26(30)31-3)20-12-24-21(11-17(20)14-28)19-6-4-5-7-23(19)32-24/h4-12,14-15H,13H2,1-3H3,(H,27,29). The maximum atomic E-state index is 12.6. The summed E-state index contributed by atoms with van der Waals surface area (Å²) < 4.78 is 10.9. The van der Waals surface area contributed by atoms with Crippen LogP contribution in [0.1, 0.15) is 44.9 Å². The Morgan fingerprint density at radius 3 is 2.50 bits per heavy atom. The Kier molecular flexibility index (Phi) is 5.77. The first-order valence-corrected chi connectivity index (χ1v) is 10.3. The van der Waals surface area contributed by atoms with Crippen LogP contribution in [0, 0.1) is 5.92 Å². The molecule has 1 amide bonds. The Balaban J connectivity index is 1.87. The number of esters is 1. The average molecular weight is 429 g/mol. The molecule has 0 saturated carbocycles. The van der Waals surface area contributed by atoms with E-state index in [1.54, 1.807) is 24.3 Å². The van der Waals surface area contributed by atoms with Crippen LogP contribution in [0.3, 0.4) is 0 Å². The lowest BCUT2D eigenvalue weighted by atomic mass is 9.93. The van der Waals surface area contributed by atoms with Crippen molar-refractivity contribution in [2.75, 3.05) is 13.7 Å². The molecule has 3 aromatic carbocycles. The Bertz CT molecular complexity index is 1350. The van der Waals surface area contributed by atoms with E-state index in [9.17, 15) is 14.4 Å². The fourth-order valence-corrected chi connectivity index (χ4v) is 3.72. The molecule has 0 spiro atoms. The molecule has 1 N–H and O–H groups in total. The molecule has 0 radical (unpaired) electrons. The number of amides is 1. The molecule has 162 valence electrons. The van der Waals surface area contributed by atoms with Gasteiger partial charge in [-0.15, -0.1) is 0 Å². The van der Waals surface area contributed by atoms with Crippen LogP contribution in [0.15, 0.2) is 59.0 Å². The molecule has 0 aliphatic rings. The number of para-hydroxylation sites is 1.